The van der Waals surface area contributed by atoms with Crippen molar-refractivity contribution in [3.05, 3.63) is 34.9 Å². The zero-order chi connectivity index (χ0) is 11.4. The van der Waals surface area contributed by atoms with Gasteiger partial charge in [-0.2, -0.15) is 5.26 Å². The van der Waals surface area contributed by atoms with E-state index in [1.165, 1.54) is 6.92 Å². The van der Waals surface area contributed by atoms with E-state index < -0.39 is 23.2 Å². The number of nitrogens with zero attached hydrogens (tertiary/aromatic N) is 1. The minimum atomic E-state index is -1.09. The van der Waals surface area contributed by atoms with Gasteiger partial charge in [0.15, 0.2) is 0 Å². The largest absolute Gasteiger partial charge is 0.462 e. The number of hydrogen-bond acceptors (Lipinski definition) is 3. The fourth-order valence-corrected chi connectivity index (χ4v) is 1.04. The molecule has 1 rings (SSSR count). The molecule has 0 saturated carbocycles. The van der Waals surface area contributed by atoms with Crippen LogP contribution >= 0.6 is 0 Å². The molecule has 78 valence electrons. The first-order chi connectivity index (χ1) is 7.10. The molecule has 0 fully saturated rings. The third-order valence-corrected chi connectivity index (χ3v) is 1.65. The molecule has 15 heavy (non-hydrogen) atoms. The number of benzene rings is 1. The molecule has 0 atom stereocenters. The predicted octanol–water partition coefficient (Wildman–Crippen LogP) is 2.01. The minimum absolute atomic E-state index is 0.0255. The third-order valence-electron chi connectivity index (χ3n) is 1.65. The van der Waals surface area contributed by atoms with Gasteiger partial charge in [-0.3, -0.25) is 0 Å². The maximum atomic E-state index is 13.2. The van der Waals surface area contributed by atoms with Crippen molar-refractivity contribution < 1.29 is 18.3 Å². The van der Waals surface area contributed by atoms with Crippen molar-refractivity contribution in [3.63, 3.8) is 0 Å². The van der Waals surface area contributed by atoms with Gasteiger partial charge >= 0.3 is 5.97 Å². The van der Waals surface area contributed by atoms with Crippen LogP contribution in [0.5, 0.6) is 0 Å². The molecule has 0 radical (unpaired) electrons. The topological polar surface area (TPSA) is 50.1 Å². The molecule has 0 heterocycles. The fourth-order valence-electron chi connectivity index (χ4n) is 1.04. The molecule has 0 amide bonds. The van der Waals surface area contributed by atoms with Gasteiger partial charge in [0.2, 0.25) is 0 Å². The molecule has 0 aliphatic carbocycles. The molecule has 0 aliphatic rings. The molecule has 0 spiro atoms. The number of hydrogen-bond donors (Lipinski definition) is 0. The van der Waals surface area contributed by atoms with E-state index in [2.05, 4.69) is 4.74 Å². The van der Waals surface area contributed by atoms with Crippen molar-refractivity contribution in [1.29, 1.82) is 5.26 Å². The maximum absolute atomic E-state index is 13.2. The molecule has 0 N–H and O–H groups in total. The van der Waals surface area contributed by atoms with Crippen molar-refractivity contribution in [3.8, 4) is 6.07 Å². The fraction of sp³-hybridized carbons (Fsp3) is 0.200. The monoisotopic (exact) mass is 211 g/mol. The van der Waals surface area contributed by atoms with Crippen LogP contribution in [-0.4, -0.2) is 12.6 Å². The SMILES string of the molecule is CCOC(=O)c1c(F)cc(C#N)cc1F. The smallest absolute Gasteiger partial charge is 0.344 e. The van der Waals surface area contributed by atoms with Crippen LogP contribution < -0.4 is 0 Å². The number of nitriles is 1. The van der Waals surface area contributed by atoms with Crippen molar-refractivity contribution >= 4 is 5.97 Å². The Hall–Kier alpha value is -1.96. The van der Waals surface area contributed by atoms with Gasteiger partial charge in [-0.15, -0.1) is 0 Å². The highest BCUT2D eigenvalue weighted by atomic mass is 19.1. The van der Waals surface area contributed by atoms with Crippen LogP contribution in [0.3, 0.4) is 0 Å². The lowest BCUT2D eigenvalue weighted by Gasteiger charge is -2.04. The summed E-state index contributed by atoms with van der Waals surface area (Å²) in [4.78, 5) is 11.1. The van der Waals surface area contributed by atoms with E-state index in [-0.39, 0.29) is 12.2 Å². The van der Waals surface area contributed by atoms with Crippen molar-refractivity contribution in [2.45, 2.75) is 6.92 Å². The van der Waals surface area contributed by atoms with Crippen LogP contribution in [0, 0.1) is 23.0 Å². The summed E-state index contributed by atoms with van der Waals surface area (Å²) in [7, 11) is 0. The number of carbonyl (C=O) groups excluding carboxylic acids is 1. The third kappa shape index (κ3) is 2.29. The summed E-state index contributed by atoms with van der Waals surface area (Å²) in [6.45, 7) is 1.55. The molecule has 1 aromatic rings. The molecule has 0 saturated heterocycles. The Labute approximate surface area is 84.9 Å². The highest BCUT2D eigenvalue weighted by molar-refractivity contribution is 5.90. The van der Waals surface area contributed by atoms with E-state index in [0.29, 0.717) is 0 Å². The minimum Gasteiger partial charge on any atom is -0.462 e. The van der Waals surface area contributed by atoms with Crippen molar-refractivity contribution in [2.75, 3.05) is 6.61 Å². The lowest BCUT2D eigenvalue weighted by molar-refractivity contribution is 0.0515. The van der Waals surface area contributed by atoms with E-state index in [9.17, 15) is 13.6 Å². The Balaban J connectivity index is 3.21. The number of esters is 1. The van der Waals surface area contributed by atoms with Crippen LogP contribution in [0.1, 0.15) is 22.8 Å². The van der Waals surface area contributed by atoms with E-state index in [0.717, 1.165) is 12.1 Å². The summed E-state index contributed by atoms with van der Waals surface area (Å²) < 4.78 is 30.8. The molecule has 0 aromatic heterocycles. The normalized spacial score (nSPS) is 9.47. The van der Waals surface area contributed by atoms with Crippen molar-refractivity contribution in [1.82, 2.24) is 0 Å². The summed E-state index contributed by atoms with van der Waals surface area (Å²) in [6, 6.07) is 3.15. The Morgan fingerprint density at radius 2 is 2.00 bits per heavy atom. The second kappa shape index (κ2) is 4.51. The van der Waals surface area contributed by atoms with E-state index in [1.54, 1.807) is 6.07 Å². The van der Waals surface area contributed by atoms with Crippen LogP contribution in [0.15, 0.2) is 12.1 Å². The molecule has 5 heteroatoms. The molecule has 1 aromatic carbocycles. The van der Waals surface area contributed by atoms with Gasteiger partial charge in [0.05, 0.1) is 18.2 Å². The second-order valence-electron chi connectivity index (χ2n) is 2.65. The van der Waals surface area contributed by atoms with Gasteiger partial charge in [-0.25, -0.2) is 13.6 Å². The predicted molar refractivity (Wildman–Crippen MR) is 47.0 cm³/mol. The van der Waals surface area contributed by atoms with Gasteiger partial charge in [-0.05, 0) is 19.1 Å². The summed E-state index contributed by atoms with van der Waals surface area (Å²) in [5.74, 6) is -3.26. The molecular weight excluding hydrogens is 204 g/mol. The average molecular weight is 211 g/mol. The summed E-state index contributed by atoms with van der Waals surface area (Å²) in [5, 5.41) is 8.42. The second-order valence-corrected chi connectivity index (χ2v) is 2.65. The van der Waals surface area contributed by atoms with Gasteiger partial charge in [-0.1, -0.05) is 0 Å². The van der Waals surface area contributed by atoms with Gasteiger partial charge < -0.3 is 4.74 Å². The van der Waals surface area contributed by atoms with Crippen molar-refractivity contribution in [2.24, 2.45) is 0 Å². The average Bonchev–Trinajstić information content (AvgIpc) is 2.16. The summed E-state index contributed by atoms with van der Waals surface area (Å²) in [6.07, 6.45) is 0. The summed E-state index contributed by atoms with van der Waals surface area (Å²) >= 11 is 0. The first-order valence-corrected chi connectivity index (χ1v) is 4.16. The Morgan fingerprint density at radius 1 is 1.47 bits per heavy atom. The summed E-state index contributed by atoms with van der Waals surface area (Å²) in [5.41, 5.74) is -0.950. The van der Waals surface area contributed by atoms with Crippen LogP contribution in [0.4, 0.5) is 8.78 Å². The van der Waals surface area contributed by atoms with Gasteiger partial charge in [0.25, 0.3) is 0 Å². The Kier molecular flexibility index (Phi) is 3.34. The number of ether oxygens (including phenoxy) is 1. The lowest BCUT2D eigenvalue weighted by Crippen LogP contribution is -2.10. The standard InChI is InChI=1S/C10H7F2NO2/c1-2-15-10(14)9-7(11)3-6(5-13)4-8(9)12/h3-4H,2H2,1H3. The van der Waals surface area contributed by atoms with E-state index in [1.807, 2.05) is 0 Å². The molecule has 0 bridgehead atoms. The zero-order valence-electron chi connectivity index (χ0n) is 7.88. The molecular formula is C10H7F2NO2. The zero-order valence-corrected chi connectivity index (χ0v) is 7.88. The number of halogens is 2. The molecule has 3 nitrogen and oxygen atoms in total. The quantitative estimate of drug-likeness (QED) is 0.703. The van der Waals surface area contributed by atoms with Gasteiger partial charge in [0, 0.05) is 0 Å². The number of rotatable bonds is 2. The first kappa shape index (κ1) is 11.1. The van der Waals surface area contributed by atoms with E-state index >= 15 is 0 Å². The van der Waals surface area contributed by atoms with E-state index in [4.69, 9.17) is 5.26 Å². The Morgan fingerprint density at radius 3 is 2.40 bits per heavy atom. The number of carbonyl (C=O) groups is 1. The van der Waals surface area contributed by atoms with Crippen LogP contribution in [-0.2, 0) is 4.74 Å². The lowest BCUT2D eigenvalue weighted by atomic mass is 10.1. The molecule has 0 unspecified atom stereocenters. The van der Waals surface area contributed by atoms with Crippen LogP contribution in [0.2, 0.25) is 0 Å². The molecule has 0 aliphatic heterocycles. The highest BCUT2D eigenvalue weighted by Crippen LogP contribution is 2.16. The first-order valence-electron chi connectivity index (χ1n) is 4.16. The van der Waals surface area contributed by atoms with Crippen LogP contribution in [0.25, 0.3) is 0 Å². The maximum Gasteiger partial charge on any atom is 0.344 e. The highest BCUT2D eigenvalue weighted by Gasteiger charge is 2.19. The van der Waals surface area contributed by atoms with Gasteiger partial charge in [0.1, 0.15) is 17.2 Å². The Bertz CT molecular complexity index is 415.